The van der Waals surface area contributed by atoms with Crippen LogP contribution in [0.3, 0.4) is 0 Å². The first-order valence-corrected chi connectivity index (χ1v) is 7.69. The van der Waals surface area contributed by atoms with E-state index >= 15 is 0 Å². The van der Waals surface area contributed by atoms with E-state index in [2.05, 4.69) is 31.9 Å². The highest BCUT2D eigenvalue weighted by Crippen LogP contribution is 2.22. The fraction of sp³-hybridized carbons (Fsp3) is 0.417. The number of nitrogens with zero attached hydrogens (tertiary/aromatic N) is 1. The van der Waals surface area contributed by atoms with Crippen molar-refractivity contribution in [3.05, 3.63) is 33.3 Å². The minimum atomic E-state index is 0.0165. The normalized spacial score (nSPS) is 10.4. The van der Waals surface area contributed by atoms with Crippen LogP contribution in [0.4, 0.5) is 0 Å². The highest BCUT2D eigenvalue weighted by atomic mass is 79.9. The number of rotatable bonds is 5. The largest absolute Gasteiger partial charge is 0.339 e. The number of carbonyl (C=O) groups excluding carboxylic acids is 1. The van der Waals surface area contributed by atoms with Crippen LogP contribution >= 0.6 is 43.5 Å². The van der Waals surface area contributed by atoms with Gasteiger partial charge in [-0.25, -0.2) is 0 Å². The molecule has 5 heteroatoms. The highest BCUT2D eigenvalue weighted by Gasteiger charge is 2.16. The van der Waals surface area contributed by atoms with Crippen molar-refractivity contribution < 1.29 is 4.79 Å². The van der Waals surface area contributed by atoms with Crippen molar-refractivity contribution in [2.45, 2.75) is 13.3 Å². The molecule has 0 heterocycles. The average molecular weight is 384 g/mol. The quantitative estimate of drug-likeness (QED) is 0.692. The summed E-state index contributed by atoms with van der Waals surface area (Å²) in [5.74, 6) is 0.0165. The van der Waals surface area contributed by atoms with Gasteiger partial charge in [-0.15, -0.1) is 0 Å². The third-order valence-corrected chi connectivity index (χ3v) is 3.88. The third-order valence-electron chi connectivity index (χ3n) is 2.39. The second-order valence-electron chi connectivity index (χ2n) is 3.55. The van der Waals surface area contributed by atoms with Gasteiger partial charge in [0.15, 0.2) is 0 Å². The minimum absolute atomic E-state index is 0.0165. The maximum Gasteiger partial charge on any atom is 0.255 e. The summed E-state index contributed by atoms with van der Waals surface area (Å²) in [7, 11) is 0. The van der Waals surface area contributed by atoms with Gasteiger partial charge >= 0.3 is 0 Å². The van der Waals surface area contributed by atoms with E-state index in [4.69, 9.17) is 11.6 Å². The molecule has 1 aromatic rings. The molecule has 94 valence electrons. The molecule has 17 heavy (non-hydrogen) atoms. The van der Waals surface area contributed by atoms with Gasteiger partial charge < -0.3 is 4.90 Å². The molecule has 0 saturated carbocycles. The first kappa shape index (κ1) is 15.0. The SMILES string of the molecule is CCN(CCCBr)C(=O)c1cc(Cl)ccc1Br. The van der Waals surface area contributed by atoms with Crippen LogP contribution < -0.4 is 0 Å². The highest BCUT2D eigenvalue weighted by molar-refractivity contribution is 9.10. The van der Waals surface area contributed by atoms with Gasteiger partial charge in [0.2, 0.25) is 0 Å². The fourth-order valence-electron chi connectivity index (χ4n) is 1.49. The number of hydrogen-bond donors (Lipinski definition) is 0. The molecule has 1 aromatic carbocycles. The number of alkyl halides is 1. The summed E-state index contributed by atoms with van der Waals surface area (Å²) in [6.07, 6.45) is 0.942. The van der Waals surface area contributed by atoms with Crippen molar-refractivity contribution in [3.8, 4) is 0 Å². The molecule has 0 aliphatic heterocycles. The molecular formula is C12H14Br2ClNO. The molecule has 0 aliphatic carbocycles. The molecule has 0 radical (unpaired) electrons. The van der Waals surface area contributed by atoms with Crippen molar-refractivity contribution in [2.24, 2.45) is 0 Å². The van der Waals surface area contributed by atoms with E-state index in [1.165, 1.54) is 0 Å². The van der Waals surface area contributed by atoms with Crippen LogP contribution in [0.1, 0.15) is 23.7 Å². The van der Waals surface area contributed by atoms with E-state index in [9.17, 15) is 4.79 Å². The van der Waals surface area contributed by atoms with Gasteiger partial charge in [-0.2, -0.15) is 0 Å². The molecule has 1 rings (SSSR count). The second kappa shape index (κ2) is 7.39. The van der Waals surface area contributed by atoms with Crippen molar-refractivity contribution in [1.29, 1.82) is 0 Å². The molecule has 0 atom stereocenters. The summed E-state index contributed by atoms with van der Waals surface area (Å²) in [6, 6.07) is 5.26. The van der Waals surface area contributed by atoms with Crippen molar-refractivity contribution in [3.63, 3.8) is 0 Å². The molecule has 0 bridgehead atoms. The van der Waals surface area contributed by atoms with E-state index in [0.717, 1.165) is 22.8 Å². The predicted octanol–water partition coefficient (Wildman–Crippen LogP) is 4.35. The van der Waals surface area contributed by atoms with E-state index in [1.54, 1.807) is 18.2 Å². The van der Waals surface area contributed by atoms with Crippen LogP contribution in [-0.2, 0) is 0 Å². The van der Waals surface area contributed by atoms with Gasteiger partial charge in [-0.05, 0) is 47.5 Å². The summed E-state index contributed by atoms with van der Waals surface area (Å²) in [4.78, 5) is 14.1. The van der Waals surface area contributed by atoms with Crippen LogP contribution in [0.15, 0.2) is 22.7 Å². The Hall–Kier alpha value is -0.0600. The number of amides is 1. The smallest absolute Gasteiger partial charge is 0.255 e. The number of halogens is 3. The summed E-state index contributed by atoms with van der Waals surface area (Å²) in [5.41, 5.74) is 0.619. The monoisotopic (exact) mass is 381 g/mol. The number of benzene rings is 1. The lowest BCUT2D eigenvalue weighted by Gasteiger charge is -2.21. The summed E-state index contributed by atoms with van der Waals surface area (Å²) in [6.45, 7) is 3.43. The maximum absolute atomic E-state index is 12.3. The molecule has 0 aromatic heterocycles. The first-order valence-electron chi connectivity index (χ1n) is 5.40. The Morgan fingerprint density at radius 2 is 2.18 bits per heavy atom. The van der Waals surface area contributed by atoms with E-state index < -0.39 is 0 Å². The molecular weight excluding hydrogens is 369 g/mol. The van der Waals surface area contributed by atoms with Gasteiger partial charge in [0.25, 0.3) is 5.91 Å². The Kier molecular flexibility index (Phi) is 6.52. The molecule has 0 fully saturated rings. The Morgan fingerprint density at radius 3 is 2.76 bits per heavy atom. The minimum Gasteiger partial charge on any atom is -0.339 e. The zero-order chi connectivity index (χ0) is 12.8. The molecule has 2 nitrogen and oxygen atoms in total. The molecule has 0 unspecified atom stereocenters. The van der Waals surface area contributed by atoms with Gasteiger partial charge in [-0.1, -0.05) is 27.5 Å². The Balaban J connectivity index is 2.89. The lowest BCUT2D eigenvalue weighted by atomic mass is 10.2. The van der Waals surface area contributed by atoms with E-state index in [0.29, 0.717) is 17.1 Å². The van der Waals surface area contributed by atoms with Crippen molar-refractivity contribution in [1.82, 2.24) is 4.90 Å². The summed E-state index contributed by atoms with van der Waals surface area (Å²) in [5, 5.41) is 1.47. The molecule has 0 spiro atoms. The van der Waals surface area contributed by atoms with Gasteiger partial charge in [0, 0.05) is 27.9 Å². The number of hydrogen-bond acceptors (Lipinski definition) is 1. The second-order valence-corrected chi connectivity index (χ2v) is 5.64. The topological polar surface area (TPSA) is 20.3 Å². The summed E-state index contributed by atoms with van der Waals surface area (Å²) < 4.78 is 0.782. The molecule has 0 N–H and O–H groups in total. The summed E-state index contributed by atoms with van der Waals surface area (Å²) >= 11 is 12.7. The van der Waals surface area contributed by atoms with Crippen molar-refractivity contribution in [2.75, 3.05) is 18.4 Å². The van der Waals surface area contributed by atoms with E-state index in [-0.39, 0.29) is 5.91 Å². The van der Waals surface area contributed by atoms with Gasteiger partial charge in [0.05, 0.1) is 5.56 Å². The lowest BCUT2D eigenvalue weighted by Crippen LogP contribution is -2.32. The van der Waals surface area contributed by atoms with Crippen LogP contribution in [0, 0.1) is 0 Å². The predicted molar refractivity (Wildman–Crippen MR) is 79.1 cm³/mol. The van der Waals surface area contributed by atoms with Gasteiger partial charge in [0.1, 0.15) is 0 Å². The van der Waals surface area contributed by atoms with E-state index in [1.807, 2.05) is 11.8 Å². The van der Waals surface area contributed by atoms with Crippen molar-refractivity contribution >= 4 is 49.4 Å². The Bertz CT molecular complexity index is 398. The molecule has 0 aliphatic rings. The Labute approximate surface area is 124 Å². The maximum atomic E-state index is 12.3. The third kappa shape index (κ3) is 4.27. The number of carbonyl (C=O) groups is 1. The zero-order valence-electron chi connectivity index (χ0n) is 9.55. The Morgan fingerprint density at radius 1 is 1.47 bits per heavy atom. The van der Waals surface area contributed by atoms with Crippen LogP contribution in [0.25, 0.3) is 0 Å². The first-order chi connectivity index (χ1) is 8.10. The molecule has 1 amide bonds. The standard InChI is InChI=1S/C12H14Br2ClNO/c1-2-16(7-3-6-13)12(17)10-8-9(15)4-5-11(10)14/h4-5,8H,2-3,6-7H2,1H3. The average Bonchev–Trinajstić information content (AvgIpc) is 2.33. The fourth-order valence-corrected chi connectivity index (χ4v) is 2.32. The zero-order valence-corrected chi connectivity index (χ0v) is 13.5. The molecule has 0 saturated heterocycles. The van der Waals surface area contributed by atoms with Crippen LogP contribution in [0.5, 0.6) is 0 Å². The van der Waals surface area contributed by atoms with Crippen LogP contribution in [-0.4, -0.2) is 29.2 Å². The lowest BCUT2D eigenvalue weighted by molar-refractivity contribution is 0.0764. The van der Waals surface area contributed by atoms with Crippen LogP contribution in [0.2, 0.25) is 5.02 Å². The van der Waals surface area contributed by atoms with Gasteiger partial charge in [-0.3, -0.25) is 4.79 Å².